The first kappa shape index (κ1) is 14.1. The maximum absolute atomic E-state index is 12.5. The van der Waals surface area contributed by atoms with Gasteiger partial charge in [0.2, 0.25) is 0 Å². The fourth-order valence-corrected chi connectivity index (χ4v) is 4.82. The Bertz CT molecular complexity index is 665. The molecule has 0 amide bonds. The lowest BCUT2D eigenvalue weighted by Crippen LogP contribution is -2.27. The molecule has 0 unspecified atom stereocenters. The van der Waals surface area contributed by atoms with Crippen molar-refractivity contribution in [1.82, 2.24) is 0 Å². The van der Waals surface area contributed by atoms with Crippen LogP contribution in [0.3, 0.4) is 0 Å². The zero-order valence-corrected chi connectivity index (χ0v) is 13.1. The molecule has 3 nitrogen and oxygen atoms in total. The first-order chi connectivity index (χ1) is 8.84. The summed E-state index contributed by atoms with van der Waals surface area (Å²) >= 11 is 1.24. The Balaban J connectivity index is 2.55. The van der Waals surface area contributed by atoms with Gasteiger partial charge in [0.15, 0.2) is 0 Å². The van der Waals surface area contributed by atoms with E-state index in [1.54, 1.807) is 24.6 Å². The van der Waals surface area contributed by atoms with Gasteiger partial charge in [0.25, 0.3) is 10.0 Å². The highest BCUT2D eigenvalue weighted by atomic mass is 32.2. The summed E-state index contributed by atoms with van der Waals surface area (Å²) in [7, 11) is -1.84. The minimum atomic E-state index is -3.45. The Morgan fingerprint density at radius 3 is 2.16 bits per heavy atom. The van der Waals surface area contributed by atoms with Crippen LogP contribution >= 0.6 is 11.3 Å². The van der Waals surface area contributed by atoms with Crippen LogP contribution in [-0.4, -0.2) is 15.5 Å². The third-order valence-electron chi connectivity index (χ3n) is 3.06. The average molecular weight is 295 g/mol. The lowest BCUT2D eigenvalue weighted by Gasteiger charge is -2.23. The first-order valence-electron chi connectivity index (χ1n) is 5.94. The van der Waals surface area contributed by atoms with Gasteiger partial charge in [-0.3, -0.25) is 4.31 Å². The van der Waals surface area contributed by atoms with E-state index >= 15 is 0 Å². The normalized spacial score (nSPS) is 11.6. The number of nitrogens with zero attached hydrogens (tertiary/aromatic N) is 1. The van der Waals surface area contributed by atoms with Crippen LogP contribution < -0.4 is 4.31 Å². The second kappa shape index (κ2) is 4.98. The third kappa shape index (κ3) is 2.53. The molecule has 102 valence electrons. The molecule has 0 aliphatic carbocycles. The summed E-state index contributed by atoms with van der Waals surface area (Å²) in [4.78, 5) is 0. The molecule has 2 rings (SSSR count). The Morgan fingerprint density at radius 2 is 1.68 bits per heavy atom. The van der Waals surface area contributed by atoms with Crippen LogP contribution in [0, 0.1) is 20.8 Å². The van der Waals surface area contributed by atoms with Gasteiger partial charge >= 0.3 is 0 Å². The van der Waals surface area contributed by atoms with Crippen molar-refractivity contribution in [2.45, 2.75) is 25.0 Å². The predicted octanol–water partition coefficient (Wildman–Crippen LogP) is 3.50. The number of anilines is 1. The van der Waals surface area contributed by atoms with Crippen molar-refractivity contribution in [2.24, 2.45) is 0 Å². The van der Waals surface area contributed by atoms with Crippen LogP contribution in [0.2, 0.25) is 0 Å². The number of thiophene rings is 1. The standard InChI is InChI=1S/C14H17NO2S2/c1-10-8-11(2)14(12(3)9-10)15(4)19(16,17)13-6-5-7-18-13/h5-9H,1-4H3. The fraction of sp³-hybridized carbons (Fsp3) is 0.286. The quantitative estimate of drug-likeness (QED) is 0.869. The molecule has 0 fully saturated rings. The molecule has 0 aliphatic rings. The summed E-state index contributed by atoms with van der Waals surface area (Å²) in [6, 6.07) is 7.39. The van der Waals surface area contributed by atoms with E-state index < -0.39 is 10.0 Å². The lowest BCUT2D eigenvalue weighted by molar-refractivity contribution is 0.596. The average Bonchev–Trinajstić information content (AvgIpc) is 2.81. The molecule has 0 atom stereocenters. The SMILES string of the molecule is Cc1cc(C)c(N(C)S(=O)(=O)c2cccs2)c(C)c1. The van der Waals surface area contributed by atoms with E-state index in [9.17, 15) is 8.42 Å². The largest absolute Gasteiger partial charge is 0.273 e. The van der Waals surface area contributed by atoms with E-state index in [4.69, 9.17) is 0 Å². The van der Waals surface area contributed by atoms with Crippen molar-refractivity contribution in [2.75, 3.05) is 11.4 Å². The van der Waals surface area contributed by atoms with Gasteiger partial charge in [0.05, 0.1) is 5.69 Å². The van der Waals surface area contributed by atoms with Gasteiger partial charge in [-0.2, -0.15) is 0 Å². The highest BCUT2D eigenvalue weighted by Crippen LogP contribution is 2.31. The Morgan fingerprint density at radius 1 is 1.11 bits per heavy atom. The third-order valence-corrected chi connectivity index (χ3v) is 6.19. The molecule has 1 aromatic carbocycles. The van der Waals surface area contributed by atoms with Crippen LogP contribution in [0.5, 0.6) is 0 Å². The van der Waals surface area contributed by atoms with Crippen LogP contribution in [0.4, 0.5) is 5.69 Å². The van der Waals surface area contributed by atoms with Gasteiger partial charge in [0.1, 0.15) is 4.21 Å². The molecular formula is C14H17NO2S2. The molecule has 5 heteroatoms. The minimum absolute atomic E-state index is 0.370. The van der Waals surface area contributed by atoms with Crippen molar-refractivity contribution in [1.29, 1.82) is 0 Å². The summed E-state index contributed by atoms with van der Waals surface area (Å²) in [5.41, 5.74) is 3.85. The van der Waals surface area contributed by atoms with Crippen LogP contribution in [0.1, 0.15) is 16.7 Å². The van der Waals surface area contributed by atoms with Crippen molar-refractivity contribution in [3.63, 3.8) is 0 Å². The molecule has 0 spiro atoms. The van der Waals surface area contributed by atoms with Gasteiger partial charge in [-0.25, -0.2) is 8.42 Å². The molecule has 2 aromatic rings. The smallest absolute Gasteiger partial charge is 0.268 e. The first-order valence-corrected chi connectivity index (χ1v) is 8.26. The van der Waals surface area contributed by atoms with Gasteiger partial charge in [-0.15, -0.1) is 11.3 Å². The van der Waals surface area contributed by atoms with Crippen LogP contribution in [-0.2, 0) is 10.0 Å². The number of hydrogen-bond acceptors (Lipinski definition) is 3. The van der Waals surface area contributed by atoms with Crippen molar-refractivity contribution in [3.8, 4) is 0 Å². The lowest BCUT2D eigenvalue weighted by atomic mass is 10.1. The number of hydrogen-bond donors (Lipinski definition) is 0. The van der Waals surface area contributed by atoms with E-state index in [2.05, 4.69) is 0 Å². The summed E-state index contributed by atoms with van der Waals surface area (Å²) < 4.78 is 26.8. The molecule has 0 saturated heterocycles. The Hall–Kier alpha value is -1.33. The molecule has 19 heavy (non-hydrogen) atoms. The summed E-state index contributed by atoms with van der Waals surface area (Å²) in [6.45, 7) is 5.89. The second-order valence-corrected chi connectivity index (χ2v) is 7.80. The summed E-state index contributed by atoms with van der Waals surface area (Å²) in [5.74, 6) is 0. The molecule has 0 aliphatic heterocycles. The zero-order valence-electron chi connectivity index (χ0n) is 11.5. The maximum Gasteiger partial charge on any atom is 0.273 e. The summed E-state index contributed by atoms with van der Waals surface area (Å²) in [6.07, 6.45) is 0. The maximum atomic E-state index is 12.5. The summed E-state index contributed by atoms with van der Waals surface area (Å²) in [5, 5.41) is 1.77. The van der Waals surface area contributed by atoms with E-state index in [0.717, 1.165) is 22.4 Å². The molecule has 1 heterocycles. The highest BCUT2D eigenvalue weighted by Gasteiger charge is 2.24. The Labute approximate surface area is 118 Å². The topological polar surface area (TPSA) is 37.4 Å². The van der Waals surface area contributed by atoms with Crippen LogP contribution in [0.15, 0.2) is 33.9 Å². The van der Waals surface area contributed by atoms with Crippen molar-refractivity contribution < 1.29 is 8.42 Å². The van der Waals surface area contributed by atoms with E-state index in [0.29, 0.717) is 4.21 Å². The Kier molecular flexibility index (Phi) is 3.69. The monoisotopic (exact) mass is 295 g/mol. The molecule has 0 bridgehead atoms. The fourth-order valence-electron chi connectivity index (χ4n) is 2.33. The highest BCUT2D eigenvalue weighted by molar-refractivity contribution is 7.94. The number of rotatable bonds is 3. The van der Waals surface area contributed by atoms with E-state index in [-0.39, 0.29) is 0 Å². The van der Waals surface area contributed by atoms with Gasteiger partial charge in [-0.05, 0) is 43.3 Å². The molecule has 1 aromatic heterocycles. The minimum Gasteiger partial charge on any atom is -0.268 e. The number of aryl methyl sites for hydroxylation is 3. The van der Waals surface area contributed by atoms with E-state index in [1.807, 2.05) is 32.9 Å². The van der Waals surface area contributed by atoms with Gasteiger partial charge in [0, 0.05) is 7.05 Å². The number of sulfonamides is 1. The van der Waals surface area contributed by atoms with Crippen molar-refractivity contribution in [3.05, 3.63) is 46.3 Å². The predicted molar refractivity (Wildman–Crippen MR) is 80.6 cm³/mol. The van der Waals surface area contributed by atoms with Gasteiger partial charge < -0.3 is 0 Å². The molecule has 0 saturated carbocycles. The van der Waals surface area contributed by atoms with Gasteiger partial charge in [-0.1, -0.05) is 23.8 Å². The molecule has 0 radical (unpaired) electrons. The van der Waals surface area contributed by atoms with Crippen LogP contribution in [0.25, 0.3) is 0 Å². The molecule has 0 N–H and O–H groups in total. The van der Waals surface area contributed by atoms with E-state index in [1.165, 1.54) is 15.6 Å². The number of benzene rings is 1. The second-order valence-electron chi connectivity index (χ2n) is 4.65. The molecular weight excluding hydrogens is 278 g/mol. The zero-order chi connectivity index (χ0) is 14.2. The van der Waals surface area contributed by atoms with Crippen molar-refractivity contribution >= 4 is 27.0 Å².